The normalized spacial score (nSPS) is 11.8. The van der Waals surface area contributed by atoms with Gasteiger partial charge in [-0.15, -0.1) is 0 Å². The summed E-state index contributed by atoms with van der Waals surface area (Å²) in [5.41, 5.74) is 5.34. The fourth-order valence-electron chi connectivity index (χ4n) is 4.21. The van der Waals surface area contributed by atoms with Gasteiger partial charge in [0.05, 0.1) is 23.3 Å². The van der Waals surface area contributed by atoms with Crippen molar-refractivity contribution in [2.45, 2.75) is 26.9 Å². The first-order chi connectivity index (χ1) is 17.1. The molecule has 9 heteroatoms. The Hall–Kier alpha value is -4.27. The molecule has 0 bridgehead atoms. The highest BCUT2D eigenvalue weighted by molar-refractivity contribution is 5.76. The van der Waals surface area contributed by atoms with Crippen molar-refractivity contribution in [2.24, 2.45) is 7.05 Å². The average molecular weight is 489 g/mol. The summed E-state index contributed by atoms with van der Waals surface area (Å²) in [6.45, 7) is 5.85. The Morgan fingerprint density at radius 2 is 1.47 bits per heavy atom. The van der Waals surface area contributed by atoms with Crippen molar-refractivity contribution in [3.05, 3.63) is 89.4 Å². The molecule has 0 spiro atoms. The third-order valence-corrected chi connectivity index (χ3v) is 5.90. The number of alkyl halides is 3. The standard InChI is InChI=1S/C27H23F3N6/c1-16-7-5-9-19(11-16)24-18(3)25(20-10-6-8-17(2)12-20)36(34-24)26-32-22(21-14-31-35(4)15-21)13-23(33-26)27(28,29)30/h5-15H,1-4H3. The molecule has 0 aliphatic rings. The summed E-state index contributed by atoms with van der Waals surface area (Å²) >= 11 is 0. The molecule has 5 rings (SSSR count). The fraction of sp³-hybridized carbons (Fsp3) is 0.185. The lowest BCUT2D eigenvalue weighted by molar-refractivity contribution is -0.141. The van der Waals surface area contributed by atoms with E-state index in [1.54, 1.807) is 13.2 Å². The number of aryl methyl sites for hydroxylation is 3. The van der Waals surface area contributed by atoms with Crippen LogP contribution in [0.2, 0.25) is 0 Å². The molecule has 0 saturated carbocycles. The summed E-state index contributed by atoms with van der Waals surface area (Å²) < 4.78 is 44.7. The second kappa shape index (κ2) is 8.75. The van der Waals surface area contributed by atoms with Crippen molar-refractivity contribution >= 4 is 0 Å². The number of hydrogen-bond acceptors (Lipinski definition) is 4. The number of aromatic nitrogens is 6. The molecule has 3 aromatic heterocycles. The van der Waals surface area contributed by atoms with Crippen molar-refractivity contribution in [3.63, 3.8) is 0 Å². The van der Waals surface area contributed by atoms with Crippen LogP contribution in [0.15, 0.2) is 67.0 Å². The second-order valence-electron chi connectivity index (χ2n) is 8.81. The first-order valence-corrected chi connectivity index (χ1v) is 11.3. The predicted molar refractivity (Wildman–Crippen MR) is 131 cm³/mol. The minimum Gasteiger partial charge on any atom is -0.275 e. The quantitative estimate of drug-likeness (QED) is 0.296. The van der Waals surface area contributed by atoms with Gasteiger partial charge in [0, 0.05) is 35.5 Å². The third kappa shape index (κ3) is 4.39. The molecule has 0 saturated heterocycles. The van der Waals surface area contributed by atoms with E-state index in [2.05, 4.69) is 15.1 Å². The van der Waals surface area contributed by atoms with Gasteiger partial charge in [-0.25, -0.2) is 9.97 Å². The monoisotopic (exact) mass is 488 g/mol. The van der Waals surface area contributed by atoms with Crippen LogP contribution >= 0.6 is 0 Å². The molecule has 0 radical (unpaired) electrons. The molecule has 0 atom stereocenters. The molecule has 0 unspecified atom stereocenters. The first-order valence-electron chi connectivity index (χ1n) is 11.3. The van der Waals surface area contributed by atoms with Gasteiger partial charge in [-0.3, -0.25) is 4.68 Å². The highest BCUT2D eigenvalue weighted by Gasteiger charge is 2.35. The van der Waals surface area contributed by atoms with Crippen LogP contribution in [0, 0.1) is 20.8 Å². The zero-order valence-corrected chi connectivity index (χ0v) is 20.2. The third-order valence-electron chi connectivity index (χ3n) is 5.90. The maximum Gasteiger partial charge on any atom is 0.433 e. The van der Waals surface area contributed by atoms with Crippen LogP contribution in [0.4, 0.5) is 13.2 Å². The van der Waals surface area contributed by atoms with Gasteiger partial charge in [-0.05, 0) is 39.0 Å². The van der Waals surface area contributed by atoms with E-state index in [0.29, 0.717) is 17.0 Å². The van der Waals surface area contributed by atoms with Crippen molar-refractivity contribution < 1.29 is 13.2 Å². The minimum absolute atomic E-state index is 0.112. The van der Waals surface area contributed by atoms with Crippen LogP contribution in [-0.4, -0.2) is 29.5 Å². The van der Waals surface area contributed by atoms with Gasteiger partial charge < -0.3 is 0 Å². The molecular formula is C27H23F3N6. The van der Waals surface area contributed by atoms with Gasteiger partial charge in [0.25, 0.3) is 5.95 Å². The average Bonchev–Trinajstić information content (AvgIpc) is 3.41. The first kappa shape index (κ1) is 23.5. The highest BCUT2D eigenvalue weighted by Crippen LogP contribution is 2.36. The van der Waals surface area contributed by atoms with E-state index in [1.165, 1.54) is 15.6 Å². The summed E-state index contributed by atoms with van der Waals surface area (Å²) in [4.78, 5) is 8.43. The summed E-state index contributed by atoms with van der Waals surface area (Å²) in [6, 6.07) is 16.5. The van der Waals surface area contributed by atoms with Gasteiger partial charge in [0.2, 0.25) is 0 Å². The molecular weight excluding hydrogens is 465 g/mol. The Kier molecular flexibility index (Phi) is 5.70. The second-order valence-corrected chi connectivity index (χ2v) is 8.81. The topological polar surface area (TPSA) is 61.4 Å². The number of hydrogen-bond donors (Lipinski definition) is 0. The SMILES string of the molecule is Cc1cccc(-c2nn(-c3nc(-c4cnn(C)c4)cc(C(F)(F)F)n3)c(-c3cccc(C)c3)c2C)c1. The maximum absolute atomic E-state index is 13.9. The van der Waals surface area contributed by atoms with Crippen LogP contribution < -0.4 is 0 Å². The number of benzene rings is 2. The lowest BCUT2D eigenvalue weighted by Crippen LogP contribution is -2.14. The predicted octanol–water partition coefficient (Wildman–Crippen LogP) is 6.34. The summed E-state index contributed by atoms with van der Waals surface area (Å²) in [5.74, 6) is -0.165. The minimum atomic E-state index is -4.67. The van der Waals surface area contributed by atoms with Gasteiger partial charge in [0.1, 0.15) is 0 Å². The highest BCUT2D eigenvalue weighted by atomic mass is 19.4. The van der Waals surface area contributed by atoms with E-state index in [1.807, 2.05) is 69.3 Å². The summed E-state index contributed by atoms with van der Waals surface area (Å²) in [7, 11) is 1.69. The number of halogens is 3. The molecule has 36 heavy (non-hydrogen) atoms. The van der Waals surface area contributed by atoms with Crippen LogP contribution in [-0.2, 0) is 13.2 Å². The smallest absolute Gasteiger partial charge is 0.275 e. The molecule has 2 aromatic carbocycles. The van der Waals surface area contributed by atoms with Crippen LogP contribution in [0.25, 0.3) is 39.7 Å². The van der Waals surface area contributed by atoms with E-state index in [9.17, 15) is 13.2 Å². The maximum atomic E-state index is 13.9. The Morgan fingerprint density at radius 1 is 0.806 bits per heavy atom. The van der Waals surface area contributed by atoms with Crippen molar-refractivity contribution in [1.82, 2.24) is 29.5 Å². The Morgan fingerprint density at radius 3 is 2.08 bits per heavy atom. The zero-order chi connectivity index (χ0) is 25.6. The molecule has 182 valence electrons. The molecule has 0 fully saturated rings. The summed E-state index contributed by atoms with van der Waals surface area (Å²) in [6.07, 6.45) is -1.58. The molecule has 0 amide bonds. The number of rotatable bonds is 4. The Labute approximate surface area is 206 Å². The summed E-state index contributed by atoms with van der Waals surface area (Å²) in [5, 5.41) is 8.84. The van der Waals surface area contributed by atoms with E-state index >= 15 is 0 Å². The Balaban J connectivity index is 1.81. The van der Waals surface area contributed by atoms with E-state index in [4.69, 9.17) is 5.10 Å². The van der Waals surface area contributed by atoms with Crippen molar-refractivity contribution in [2.75, 3.05) is 0 Å². The van der Waals surface area contributed by atoms with Gasteiger partial charge >= 0.3 is 6.18 Å². The zero-order valence-electron chi connectivity index (χ0n) is 20.2. The van der Waals surface area contributed by atoms with Crippen LogP contribution in [0.5, 0.6) is 0 Å². The molecule has 0 N–H and O–H groups in total. The molecule has 6 nitrogen and oxygen atoms in total. The van der Waals surface area contributed by atoms with Gasteiger partial charge in [0.15, 0.2) is 5.69 Å². The molecule has 0 aliphatic carbocycles. The number of nitrogens with zero attached hydrogens (tertiary/aromatic N) is 6. The molecule has 0 aliphatic heterocycles. The van der Waals surface area contributed by atoms with Gasteiger partial charge in [-0.1, -0.05) is 47.5 Å². The largest absolute Gasteiger partial charge is 0.433 e. The van der Waals surface area contributed by atoms with E-state index in [-0.39, 0.29) is 11.6 Å². The van der Waals surface area contributed by atoms with Crippen molar-refractivity contribution in [1.29, 1.82) is 0 Å². The molecule has 3 heterocycles. The van der Waals surface area contributed by atoms with Crippen molar-refractivity contribution in [3.8, 4) is 39.7 Å². The van der Waals surface area contributed by atoms with Crippen LogP contribution in [0.3, 0.4) is 0 Å². The molecule has 5 aromatic rings. The lowest BCUT2D eigenvalue weighted by atomic mass is 10.0. The van der Waals surface area contributed by atoms with E-state index < -0.39 is 11.9 Å². The van der Waals surface area contributed by atoms with Gasteiger partial charge in [-0.2, -0.15) is 28.1 Å². The van der Waals surface area contributed by atoms with Crippen LogP contribution in [0.1, 0.15) is 22.4 Å². The lowest BCUT2D eigenvalue weighted by Gasteiger charge is -2.12. The fourth-order valence-corrected chi connectivity index (χ4v) is 4.21. The Bertz CT molecular complexity index is 1580. The van der Waals surface area contributed by atoms with E-state index in [0.717, 1.165) is 33.9 Å².